The van der Waals surface area contributed by atoms with Gasteiger partial charge in [-0.25, -0.2) is 0 Å². The van der Waals surface area contributed by atoms with Gasteiger partial charge in [0.2, 0.25) is 0 Å². The van der Waals surface area contributed by atoms with Gasteiger partial charge in [0, 0.05) is 12.1 Å². The molecular weight excluding hydrogens is 334 g/mol. The van der Waals surface area contributed by atoms with Crippen molar-refractivity contribution in [1.82, 2.24) is 0 Å². The van der Waals surface area contributed by atoms with Crippen molar-refractivity contribution in [2.75, 3.05) is 33.8 Å². The molecule has 1 N–H and O–H groups in total. The number of rotatable bonds is 6. The number of halogens is 1. The minimum absolute atomic E-state index is 0.354. The molecule has 0 fully saturated rings. The number of ether oxygens (including phenoxy) is 4. The van der Waals surface area contributed by atoms with Crippen LogP contribution in [-0.2, 0) is 0 Å². The molecule has 2 aromatic rings. The zero-order valence-electron chi connectivity index (χ0n) is 13.8. The maximum atomic E-state index is 12.6. The van der Waals surface area contributed by atoms with E-state index in [9.17, 15) is 4.79 Å². The van der Waals surface area contributed by atoms with E-state index in [4.69, 9.17) is 30.5 Å². The van der Waals surface area contributed by atoms with Crippen LogP contribution in [0.25, 0.3) is 0 Å². The maximum absolute atomic E-state index is 12.6. The number of methoxy groups -OCH3 is 4. The smallest absolute Gasteiger partial charge is 0.259 e. The number of nitrogens with one attached hydrogen (secondary N) is 1. The lowest BCUT2D eigenvalue weighted by atomic mass is 10.1. The van der Waals surface area contributed by atoms with Crippen molar-refractivity contribution in [3.8, 4) is 23.0 Å². The molecule has 0 saturated heterocycles. The van der Waals surface area contributed by atoms with E-state index in [1.54, 1.807) is 37.4 Å². The van der Waals surface area contributed by atoms with E-state index in [0.29, 0.717) is 39.3 Å². The summed E-state index contributed by atoms with van der Waals surface area (Å²) >= 11 is 6.11. The molecular formula is C17H18ClNO5. The first-order valence-electron chi connectivity index (χ1n) is 6.99. The molecule has 2 rings (SSSR count). The zero-order valence-corrected chi connectivity index (χ0v) is 14.6. The highest BCUT2D eigenvalue weighted by Crippen LogP contribution is 2.36. The minimum atomic E-state index is -0.367. The van der Waals surface area contributed by atoms with Gasteiger partial charge in [-0.15, -0.1) is 0 Å². The van der Waals surface area contributed by atoms with Gasteiger partial charge in [-0.3, -0.25) is 4.79 Å². The lowest BCUT2D eigenvalue weighted by Crippen LogP contribution is -2.14. The van der Waals surface area contributed by atoms with Crippen molar-refractivity contribution in [2.45, 2.75) is 0 Å². The van der Waals surface area contributed by atoms with Crippen molar-refractivity contribution in [1.29, 1.82) is 0 Å². The predicted octanol–water partition coefficient (Wildman–Crippen LogP) is 3.63. The zero-order chi connectivity index (χ0) is 17.7. The van der Waals surface area contributed by atoms with E-state index in [-0.39, 0.29) is 5.91 Å². The molecule has 0 heterocycles. The Morgan fingerprint density at radius 3 is 2.12 bits per heavy atom. The Labute approximate surface area is 145 Å². The molecule has 0 atom stereocenters. The van der Waals surface area contributed by atoms with E-state index in [1.807, 2.05) is 0 Å². The summed E-state index contributed by atoms with van der Waals surface area (Å²) in [7, 11) is 6.02. The van der Waals surface area contributed by atoms with Crippen molar-refractivity contribution in [3.05, 3.63) is 40.9 Å². The van der Waals surface area contributed by atoms with Gasteiger partial charge in [0.1, 0.15) is 23.0 Å². The molecule has 0 bridgehead atoms. The highest BCUT2D eigenvalue weighted by molar-refractivity contribution is 6.32. The number of hydrogen-bond acceptors (Lipinski definition) is 5. The molecule has 24 heavy (non-hydrogen) atoms. The fraction of sp³-hybridized carbons (Fsp3) is 0.235. The van der Waals surface area contributed by atoms with Crippen LogP contribution in [-0.4, -0.2) is 34.3 Å². The average Bonchev–Trinajstić information content (AvgIpc) is 2.61. The van der Waals surface area contributed by atoms with Gasteiger partial charge < -0.3 is 24.3 Å². The van der Waals surface area contributed by atoms with Crippen molar-refractivity contribution < 1.29 is 23.7 Å². The molecule has 0 aliphatic carbocycles. The van der Waals surface area contributed by atoms with Gasteiger partial charge in [-0.2, -0.15) is 0 Å². The van der Waals surface area contributed by atoms with Gasteiger partial charge in [-0.1, -0.05) is 11.6 Å². The second-order valence-corrected chi connectivity index (χ2v) is 5.11. The fourth-order valence-electron chi connectivity index (χ4n) is 2.13. The van der Waals surface area contributed by atoms with Crippen molar-refractivity contribution in [2.24, 2.45) is 0 Å². The van der Waals surface area contributed by atoms with Crippen LogP contribution in [0.2, 0.25) is 5.02 Å². The van der Waals surface area contributed by atoms with Gasteiger partial charge in [-0.05, 0) is 18.2 Å². The molecule has 0 spiro atoms. The summed E-state index contributed by atoms with van der Waals surface area (Å²) in [4.78, 5) is 12.6. The molecule has 0 unspecified atom stereocenters. The predicted molar refractivity (Wildman–Crippen MR) is 92.1 cm³/mol. The van der Waals surface area contributed by atoms with E-state index in [1.165, 1.54) is 21.3 Å². The highest BCUT2D eigenvalue weighted by Gasteiger charge is 2.17. The van der Waals surface area contributed by atoms with E-state index >= 15 is 0 Å². The molecule has 0 saturated carbocycles. The third-order valence-electron chi connectivity index (χ3n) is 3.38. The summed E-state index contributed by atoms with van der Waals surface area (Å²) in [6, 6.07) is 8.09. The van der Waals surface area contributed by atoms with E-state index < -0.39 is 0 Å². The first kappa shape index (κ1) is 17.7. The van der Waals surface area contributed by atoms with Crippen LogP contribution in [0.1, 0.15) is 10.4 Å². The number of benzene rings is 2. The number of carbonyl (C=O) groups excluding carboxylic acids is 1. The second-order valence-electron chi connectivity index (χ2n) is 4.71. The van der Waals surface area contributed by atoms with Crippen molar-refractivity contribution in [3.63, 3.8) is 0 Å². The Bertz CT molecular complexity index is 748. The molecule has 128 valence electrons. The molecule has 7 heteroatoms. The SMILES string of the molecule is COc1ccc(C(=O)Nc2cc(Cl)c(OC)cc2OC)c(OC)c1. The van der Waals surface area contributed by atoms with Crippen LogP contribution in [0, 0.1) is 0 Å². The summed E-state index contributed by atoms with van der Waals surface area (Å²) in [6.45, 7) is 0. The Balaban J connectivity index is 2.35. The normalized spacial score (nSPS) is 10.0. The second kappa shape index (κ2) is 7.79. The van der Waals surface area contributed by atoms with Crippen LogP contribution in [0.3, 0.4) is 0 Å². The summed E-state index contributed by atoms with van der Waals surface area (Å²) in [5, 5.41) is 3.11. The van der Waals surface area contributed by atoms with Gasteiger partial charge >= 0.3 is 0 Å². The number of anilines is 1. The summed E-state index contributed by atoms with van der Waals surface area (Å²) in [6.07, 6.45) is 0. The molecule has 0 aliphatic rings. The third kappa shape index (κ3) is 3.65. The molecule has 6 nitrogen and oxygen atoms in total. The lowest BCUT2D eigenvalue weighted by molar-refractivity contribution is 0.102. The van der Waals surface area contributed by atoms with Crippen LogP contribution in [0.5, 0.6) is 23.0 Å². The summed E-state index contributed by atoms with van der Waals surface area (Å²) < 4.78 is 20.8. The van der Waals surface area contributed by atoms with E-state index in [0.717, 1.165) is 0 Å². The Kier molecular flexibility index (Phi) is 5.76. The molecule has 1 amide bonds. The largest absolute Gasteiger partial charge is 0.497 e. The van der Waals surface area contributed by atoms with Gasteiger partial charge in [0.15, 0.2) is 0 Å². The molecule has 0 radical (unpaired) electrons. The van der Waals surface area contributed by atoms with Gasteiger partial charge in [0.25, 0.3) is 5.91 Å². The Hall–Kier alpha value is -2.60. The standard InChI is InChI=1S/C17H18ClNO5/c1-21-10-5-6-11(14(7-10)22-2)17(20)19-13-8-12(18)15(23-3)9-16(13)24-4/h5-9H,1-4H3,(H,19,20). The van der Waals surface area contributed by atoms with Crippen LogP contribution < -0.4 is 24.3 Å². The number of hydrogen-bond donors (Lipinski definition) is 1. The maximum Gasteiger partial charge on any atom is 0.259 e. The third-order valence-corrected chi connectivity index (χ3v) is 3.67. The molecule has 0 aromatic heterocycles. The first-order chi connectivity index (χ1) is 11.5. The fourth-order valence-corrected chi connectivity index (χ4v) is 2.37. The van der Waals surface area contributed by atoms with Crippen molar-refractivity contribution >= 4 is 23.2 Å². The quantitative estimate of drug-likeness (QED) is 0.860. The monoisotopic (exact) mass is 351 g/mol. The van der Waals surface area contributed by atoms with Crippen LogP contribution in [0.15, 0.2) is 30.3 Å². The van der Waals surface area contributed by atoms with Crippen LogP contribution >= 0.6 is 11.6 Å². The molecule has 2 aromatic carbocycles. The van der Waals surface area contributed by atoms with Gasteiger partial charge in [0.05, 0.1) is 44.7 Å². The van der Waals surface area contributed by atoms with Crippen LogP contribution in [0.4, 0.5) is 5.69 Å². The Morgan fingerprint density at radius 2 is 1.54 bits per heavy atom. The Morgan fingerprint density at radius 1 is 0.875 bits per heavy atom. The minimum Gasteiger partial charge on any atom is -0.497 e. The summed E-state index contributed by atoms with van der Waals surface area (Å²) in [5.74, 6) is 1.50. The van der Waals surface area contributed by atoms with E-state index in [2.05, 4.69) is 5.32 Å². The lowest BCUT2D eigenvalue weighted by Gasteiger charge is -2.14. The number of carbonyl (C=O) groups is 1. The highest BCUT2D eigenvalue weighted by atomic mass is 35.5. The number of amides is 1. The summed E-state index contributed by atoms with van der Waals surface area (Å²) in [5.41, 5.74) is 0.776. The average molecular weight is 352 g/mol. The molecule has 0 aliphatic heterocycles. The first-order valence-corrected chi connectivity index (χ1v) is 7.36. The topological polar surface area (TPSA) is 66.0 Å².